The highest BCUT2D eigenvalue weighted by atomic mass is 16.3. The van der Waals surface area contributed by atoms with E-state index in [-0.39, 0.29) is 5.92 Å². The summed E-state index contributed by atoms with van der Waals surface area (Å²) in [5.41, 5.74) is -0.578. The van der Waals surface area contributed by atoms with Gasteiger partial charge in [-0.25, -0.2) is 0 Å². The lowest BCUT2D eigenvalue weighted by Crippen LogP contribution is -2.26. The molecule has 1 nitrogen and oxygen atoms in total. The molecular formula is C9H18O. The molecule has 1 unspecified atom stereocenters. The first kappa shape index (κ1) is 9.70. The predicted molar refractivity (Wildman–Crippen MR) is 44.9 cm³/mol. The van der Waals surface area contributed by atoms with Gasteiger partial charge in [0.2, 0.25) is 0 Å². The van der Waals surface area contributed by atoms with Crippen LogP contribution in [0.4, 0.5) is 0 Å². The Morgan fingerprint density at radius 2 is 2.00 bits per heavy atom. The number of hydrogen-bond donors (Lipinski definition) is 1. The SMILES string of the molecule is CC/C=C/C(C)C(C)(C)O. The molecule has 0 aliphatic heterocycles. The normalized spacial score (nSPS) is 16.1. The highest BCUT2D eigenvalue weighted by molar-refractivity contribution is 4.92. The first-order chi connectivity index (χ1) is 4.48. The third-order valence-electron chi connectivity index (χ3n) is 1.77. The average molecular weight is 142 g/mol. The van der Waals surface area contributed by atoms with Gasteiger partial charge in [0, 0.05) is 5.92 Å². The number of rotatable bonds is 3. The second-order valence-electron chi connectivity index (χ2n) is 3.28. The van der Waals surface area contributed by atoms with Crippen molar-refractivity contribution in [1.82, 2.24) is 0 Å². The third-order valence-corrected chi connectivity index (χ3v) is 1.77. The van der Waals surface area contributed by atoms with Crippen LogP contribution in [-0.2, 0) is 0 Å². The van der Waals surface area contributed by atoms with Crippen molar-refractivity contribution < 1.29 is 5.11 Å². The fraction of sp³-hybridized carbons (Fsp3) is 0.778. The molecule has 0 aliphatic rings. The molecule has 10 heavy (non-hydrogen) atoms. The molecule has 0 aromatic rings. The zero-order chi connectivity index (χ0) is 8.20. The molecular weight excluding hydrogens is 124 g/mol. The Morgan fingerprint density at radius 1 is 1.50 bits per heavy atom. The summed E-state index contributed by atoms with van der Waals surface area (Å²) in [7, 11) is 0. The summed E-state index contributed by atoms with van der Waals surface area (Å²) in [5, 5.41) is 9.46. The third kappa shape index (κ3) is 3.67. The highest BCUT2D eigenvalue weighted by Crippen LogP contribution is 2.16. The molecule has 0 saturated heterocycles. The monoisotopic (exact) mass is 142 g/mol. The van der Waals surface area contributed by atoms with Crippen molar-refractivity contribution >= 4 is 0 Å². The molecule has 0 aromatic heterocycles. The van der Waals surface area contributed by atoms with Crippen molar-refractivity contribution in [2.75, 3.05) is 0 Å². The van der Waals surface area contributed by atoms with Gasteiger partial charge in [0.05, 0.1) is 5.60 Å². The summed E-state index contributed by atoms with van der Waals surface area (Å²) < 4.78 is 0. The van der Waals surface area contributed by atoms with Crippen molar-refractivity contribution in [2.45, 2.75) is 39.7 Å². The predicted octanol–water partition coefficient (Wildman–Crippen LogP) is 2.36. The Bertz CT molecular complexity index is 108. The number of allylic oxidation sites excluding steroid dienone is 1. The van der Waals surface area contributed by atoms with Gasteiger partial charge in [0.25, 0.3) is 0 Å². The van der Waals surface area contributed by atoms with E-state index in [1.165, 1.54) is 0 Å². The summed E-state index contributed by atoms with van der Waals surface area (Å²) >= 11 is 0. The van der Waals surface area contributed by atoms with Crippen molar-refractivity contribution in [3.05, 3.63) is 12.2 Å². The standard InChI is InChI=1S/C9H18O/c1-5-6-7-8(2)9(3,4)10/h6-8,10H,5H2,1-4H3/b7-6+. The fourth-order valence-electron chi connectivity index (χ4n) is 0.576. The van der Waals surface area contributed by atoms with Crippen LogP contribution in [0.5, 0.6) is 0 Å². The maximum atomic E-state index is 9.46. The first-order valence-corrected chi connectivity index (χ1v) is 3.87. The van der Waals surface area contributed by atoms with Crippen LogP contribution in [0.15, 0.2) is 12.2 Å². The lowest BCUT2D eigenvalue weighted by atomic mass is 9.92. The van der Waals surface area contributed by atoms with E-state index in [4.69, 9.17) is 0 Å². The topological polar surface area (TPSA) is 20.2 Å². The van der Waals surface area contributed by atoms with Crippen LogP contribution in [0, 0.1) is 5.92 Å². The highest BCUT2D eigenvalue weighted by Gasteiger charge is 2.18. The van der Waals surface area contributed by atoms with E-state index in [0.29, 0.717) is 0 Å². The van der Waals surface area contributed by atoms with Crippen LogP contribution in [0.1, 0.15) is 34.1 Å². The second-order valence-corrected chi connectivity index (χ2v) is 3.28. The molecule has 0 rings (SSSR count). The van der Waals surface area contributed by atoms with Crippen LogP contribution >= 0.6 is 0 Å². The Labute approximate surface area is 63.8 Å². The van der Waals surface area contributed by atoms with Crippen LogP contribution < -0.4 is 0 Å². The quantitative estimate of drug-likeness (QED) is 0.600. The molecule has 0 bridgehead atoms. The zero-order valence-electron chi connectivity index (χ0n) is 7.39. The average Bonchev–Trinajstić information content (AvgIpc) is 1.80. The van der Waals surface area contributed by atoms with Gasteiger partial charge in [-0.05, 0) is 20.3 Å². The molecule has 0 aromatic carbocycles. The molecule has 1 heteroatoms. The zero-order valence-corrected chi connectivity index (χ0v) is 7.39. The van der Waals surface area contributed by atoms with Crippen LogP contribution in [0.25, 0.3) is 0 Å². The Balaban J connectivity index is 3.84. The molecule has 0 spiro atoms. The minimum Gasteiger partial charge on any atom is -0.390 e. The van der Waals surface area contributed by atoms with Gasteiger partial charge < -0.3 is 5.11 Å². The van der Waals surface area contributed by atoms with E-state index in [1.54, 1.807) is 0 Å². The molecule has 0 amide bonds. The molecule has 0 fully saturated rings. The minimum atomic E-state index is -0.578. The lowest BCUT2D eigenvalue weighted by Gasteiger charge is -2.22. The van der Waals surface area contributed by atoms with Crippen LogP contribution in [0.2, 0.25) is 0 Å². The molecule has 0 heterocycles. The smallest absolute Gasteiger partial charge is 0.0651 e. The van der Waals surface area contributed by atoms with E-state index >= 15 is 0 Å². The molecule has 1 atom stereocenters. The van der Waals surface area contributed by atoms with Crippen molar-refractivity contribution in [3.63, 3.8) is 0 Å². The van der Waals surface area contributed by atoms with E-state index < -0.39 is 5.60 Å². The van der Waals surface area contributed by atoms with E-state index in [2.05, 4.69) is 19.1 Å². The Hall–Kier alpha value is -0.300. The van der Waals surface area contributed by atoms with Gasteiger partial charge in [0.15, 0.2) is 0 Å². The van der Waals surface area contributed by atoms with E-state index in [9.17, 15) is 5.11 Å². The maximum Gasteiger partial charge on any atom is 0.0651 e. The van der Waals surface area contributed by atoms with Gasteiger partial charge in [-0.1, -0.05) is 26.0 Å². The van der Waals surface area contributed by atoms with Crippen molar-refractivity contribution in [2.24, 2.45) is 5.92 Å². The van der Waals surface area contributed by atoms with E-state index in [0.717, 1.165) is 6.42 Å². The fourth-order valence-corrected chi connectivity index (χ4v) is 0.576. The maximum absolute atomic E-state index is 9.46. The van der Waals surface area contributed by atoms with Gasteiger partial charge in [-0.2, -0.15) is 0 Å². The summed E-state index contributed by atoms with van der Waals surface area (Å²) in [6.07, 6.45) is 5.18. The molecule has 60 valence electrons. The molecule has 0 aliphatic carbocycles. The summed E-state index contributed by atoms with van der Waals surface area (Å²) in [6, 6.07) is 0. The summed E-state index contributed by atoms with van der Waals surface area (Å²) in [5.74, 6) is 0.243. The first-order valence-electron chi connectivity index (χ1n) is 3.87. The minimum absolute atomic E-state index is 0.243. The van der Waals surface area contributed by atoms with Crippen LogP contribution in [-0.4, -0.2) is 10.7 Å². The molecule has 0 radical (unpaired) electrons. The van der Waals surface area contributed by atoms with Gasteiger partial charge in [-0.3, -0.25) is 0 Å². The van der Waals surface area contributed by atoms with E-state index in [1.807, 2.05) is 20.8 Å². The number of hydrogen-bond acceptors (Lipinski definition) is 1. The number of aliphatic hydroxyl groups is 1. The summed E-state index contributed by atoms with van der Waals surface area (Å²) in [6.45, 7) is 7.77. The second kappa shape index (κ2) is 3.77. The lowest BCUT2D eigenvalue weighted by molar-refractivity contribution is 0.0440. The van der Waals surface area contributed by atoms with Gasteiger partial charge in [0.1, 0.15) is 0 Å². The van der Waals surface area contributed by atoms with Crippen molar-refractivity contribution in [3.8, 4) is 0 Å². The van der Waals surface area contributed by atoms with Gasteiger partial charge >= 0.3 is 0 Å². The molecule has 1 N–H and O–H groups in total. The van der Waals surface area contributed by atoms with Crippen LogP contribution in [0.3, 0.4) is 0 Å². The van der Waals surface area contributed by atoms with Crippen molar-refractivity contribution in [1.29, 1.82) is 0 Å². The van der Waals surface area contributed by atoms with Gasteiger partial charge in [-0.15, -0.1) is 0 Å². The summed E-state index contributed by atoms with van der Waals surface area (Å²) in [4.78, 5) is 0. The Kier molecular flexibility index (Phi) is 3.66. The Morgan fingerprint density at radius 3 is 2.30 bits per heavy atom. The molecule has 0 saturated carbocycles. The largest absolute Gasteiger partial charge is 0.390 e.